The molecule has 4 aliphatic rings. The number of phenolic OH excluding ortho intramolecular Hbond substituents is 1. The molecule has 0 aromatic heterocycles. The average molecular weight is 352 g/mol. The van der Waals surface area contributed by atoms with Crippen molar-refractivity contribution in [3.63, 3.8) is 0 Å². The van der Waals surface area contributed by atoms with Crippen LogP contribution in [0.15, 0.2) is 18.2 Å². The van der Waals surface area contributed by atoms with Gasteiger partial charge in [0.1, 0.15) is 18.0 Å². The number of phenols is 1. The highest BCUT2D eigenvalue weighted by molar-refractivity contribution is 5.85. The molecule has 130 valence electrons. The molecule has 2 aliphatic carbocycles. The van der Waals surface area contributed by atoms with Crippen LogP contribution in [-0.2, 0) is 11.8 Å². The molecule has 1 spiro atoms. The second-order valence-electron chi connectivity index (χ2n) is 7.26. The van der Waals surface area contributed by atoms with Crippen molar-refractivity contribution in [3.8, 4) is 17.2 Å². The standard InChI is InChI=1S/C18H21NO4.ClH/c1-19-6-5-18-10-3-4-12(20)17(18)23-16-13(21)8-14(22-2)9(15(16)18)7-11(10)19;/h3-4,8,10-12,17,20-21H,5-7H2,1-2H3;1H/t10-,11+,12-,17-,18-;/m0./s1. The number of aliphatic hydroxyl groups excluding tert-OH is 1. The maximum Gasteiger partial charge on any atom is 0.166 e. The van der Waals surface area contributed by atoms with Crippen LogP contribution in [0.3, 0.4) is 0 Å². The summed E-state index contributed by atoms with van der Waals surface area (Å²) in [5.41, 5.74) is 1.97. The Bertz CT molecular complexity index is 736. The topological polar surface area (TPSA) is 62.2 Å². The van der Waals surface area contributed by atoms with E-state index in [1.54, 1.807) is 13.2 Å². The number of rotatable bonds is 1. The van der Waals surface area contributed by atoms with E-state index in [9.17, 15) is 10.2 Å². The minimum Gasteiger partial charge on any atom is -0.504 e. The Morgan fingerprint density at radius 1 is 1.38 bits per heavy atom. The Labute approximate surface area is 147 Å². The lowest BCUT2D eigenvalue weighted by Crippen LogP contribution is -2.64. The number of nitrogens with zero attached hydrogens (tertiary/aromatic N) is 1. The van der Waals surface area contributed by atoms with Crippen LogP contribution in [-0.4, -0.2) is 54.1 Å². The normalized spacial score (nSPS) is 38.1. The number of likely N-dealkylation sites (tertiary alicyclic amines) is 1. The highest BCUT2D eigenvalue weighted by Gasteiger charge is 2.64. The van der Waals surface area contributed by atoms with Crippen molar-refractivity contribution in [2.45, 2.75) is 36.5 Å². The molecule has 5 rings (SSSR count). The van der Waals surface area contributed by atoms with E-state index in [0.717, 1.165) is 36.3 Å². The molecule has 2 N–H and O–H groups in total. The van der Waals surface area contributed by atoms with Crippen molar-refractivity contribution >= 4 is 12.4 Å². The molecule has 1 saturated heterocycles. The summed E-state index contributed by atoms with van der Waals surface area (Å²) in [5.74, 6) is 1.71. The van der Waals surface area contributed by atoms with Gasteiger partial charge in [-0.3, -0.25) is 0 Å². The quantitative estimate of drug-likeness (QED) is 0.753. The lowest BCUT2D eigenvalue weighted by molar-refractivity contribution is -0.0455. The summed E-state index contributed by atoms with van der Waals surface area (Å²) in [6, 6.07) is 2.02. The summed E-state index contributed by atoms with van der Waals surface area (Å²) in [6.07, 6.45) is 4.87. The van der Waals surface area contributed by atoms with Gasteiger partial charge < -0.3 is 24.6 Å². The second kappa shape index (κ2) is 5.04. The number of aliphatic hydroxyl groups is 1. The van der Waals surface area contributed by atoms with Crippen molar-refractivity contribution in [3.05, 3.63) is 29.3 Å². The first kappa shape index (κ1) is 16.1. The van der Waals surface area contributed by atoms with E-state index >= 15 is 0 Å². The predicted octanol–water partition coefficient (Wildman–Crippen LogP) is 1.63. The SMILES string of the molecule is COc1cc(O)c2c3c1C[C@@H]1[C@@H]4C=C[C@H](O)[C@H](O2)[C@]34CCN1C.Cl. The fourth-order valence-electron chi connectivity index (χ4n) is 5.47. The van der Waals surface area contributed by atoms with Crippen LogP contribution in [0.1, 0.15) is 17.5 Å². The maximum absolute atomic E-state index is 10.5. The van der Waals surface area contributed by atoms with Crippen molar-refractivity contribution in [2.24, 2.45) is 5.92 Å². The Kier molecular flexibility index (Phi) is 3.37. The van der Waals surface area contributed by atoms with Crippen LogP contribution in [0.2, 0.25) is 0 Å². The van der Waals surface area contributed by atoms with Gasteiger partial charge in [-0.05, 0) is 26.4 Å². The van der Waals surface area contributed by atoms with Gasteiger partial charge in [-0.1, -0.05) is 12.2 Å². The Balaban J connectivity index is 0.00000146. The summed E-state index contributed by atoms with van der Waals surface area (Å²) >= 11 is 0. The molecule has 2 aliphatic heterocycles. The molecule has 0 radical (unpaired) electrons. The largest absolute Gasteiger partial charge is 0.504 e. The Morgan fingerprint density at radius 3 is 2.92 bits per heavy atom. The molecule has 2 heterocycles. The Morgan fingerprint density at radius 2 is 2.17 bits per heavy atom. The van der Waals surface area contributed by atoms with E-state index in [1.807, 2.05) is 6.08 Å². The van der Waals surface area contributed by atoms with E-state index < -0.39 is 6.10 Å². The van der Waals surface area contributed by atoms with Gasteiger partial charge in [-0.2, -0.15) is 0 Å². The van der Waals surface area contributed by atoms with E-state index in [0.29, 0.717) is 17.7 Å². The molecular weight excluding hydrogens is 330 g/mol. The number of methoxy groups -OCH3 is 1. The predicted molar refractivity (Wildman–Crippen MR) is 91.4 cm³/mol. The van der Waals surface area contributed by atoms with E-state index in [2.05, 4.69) is 18.0 Å². The van der Waals surface area contributed by atoms with Gasteiger partial charge >= 0.3 is 0 Å². The first-order valence-corrected chi connectivity index (χ1v) is 8.24. The van der Waals surface area contributed by atoms with E-state index in [4.69, 9.17) is 9.47 Å². The molecule has 1 fully saturated rings. The van der Waals surface area contributed by atoms with Gasteiger partial charge in [-0.15, -0.1) is 12.4 Å². The fraction of sp³-hybridized carbons (Fsp3) is 0.556. The number of benzene rings is 1. The Hall–Kier alpha value is -1.43. The number of ether oxygens (including phenoxy) is 2. The molecule has 1 aromatic rings. The molecule has 24 heavy (non-hydrogen) atoms. The third-order valence-corrected chi connectivity index (χ3v) is 6.46. The van der Waals surface area contributed by atoms with Crippen LogP contribution in [0.4, 0.5) is 0 Å². The minimum absolute atomic E-state index is 0. The maximum atomic E-state index is 10.5. The minimum atomic E-state index is -0.640. The van der Waals surface area contributed by atoms with Gasteiger partial charge in [0.15, 0.2) is 11.5 Å². The molecule has 2 bridgehead atoms. The third kappa shape index (κ3) is 1.63. The zero-order chi connectivity index (χ0) is 15.9. The number of aromatic hydroxyl groups is 1. The van der Waals surface area contributed by atoms with Crippen LogP contribution in [0.5, 0.6) is 17.2 Å². The van der Waals surface area contributed by atoms with Crippen LogP contribution in [0, 0.1) is 5.92 Å². The lowest BCUT2D eigenvalue weighted by Gasteiger charge is -2.56. The lowest BCUT2D eigenvalue weighted by atomic mass is 9.53. The second-order valence-corrected chi connectivity index (χ2v) is 7.26. The summed E-state index contributed by atoms with van der Waals surface area (Å²) in [4.78, 5) is 2.41. The third-order valence-electron chi connectivity index (χ3n) is 6.46. The summed E-state index contributed by atoms with van der Waals surface area (Å²) < 4.78 is 11.7. The van der Waals surface area contributed by atoms with Gasteiger partial charge in [0.2, 0.25) is 0 Å². The van der Waals surface area contributed by atoms with Crippen LogP contribution in [0.25, 0.3) is 0 Å². The highest BCUT2D eigenvalue weighted by Crippen LogP contribution is 2.63. The summed E-state index contributed by atoms with van der Waals surface area (Å²) in [5, 5.41) is 21.0. The van der Waals surface area contributed by atoms with Gasteiger partial charge in [0, 0.05) is 34.6 Å². The number of likely N-dealkylation sites (N-methyl/N-ethyl adjacent to an activating group) is 1. The average Bonchev–Trinajstić information content (AvgIpc) is 2.89. The molecule has 5 nitrogen and oxygen atoms in total. The highest BCUT2D eigenvalue weighted by atomic mass is 35.5. The molecule has 0 unspecified atom stereocenters. The smallest absolute Gasteiger partial charge is 0.166 e. The number of hydrogen-bond acceptors (Lipinski definition) is 5. The van der Waals surface area contributed by atoms with Crippen LogP contribution >= 0.6 is 12.4 Å². The molecular formula is C18H22ClNO4. The molecule has 6 heteroatoms. The number of piperidine rings is 1. The van der Waals surface area contributed by atoms with Gasteiger partial charge in [-0.25, -0.2) is 0 Å². The van der Waals surface area contributed by atoms with Crippen molar-refractivity contribution in [1.82, 2.24) is 4.90 Å². The summed E-state index contributed by atoms with van der Waals surface area (Å²) in [6.45, 7) is 0.971. The van der Waals surface area contributed by atoms with Gasteiger partial charge in [0.05, 0.1) is 7.11 Å². The van der Waals surface area contributed by atoms with E-state index in [-0.39, 0.29) is 29.7 Å². The number of hydrogen-bond donors (Lipinski definition) is 2. The van der Waals surface area contributed by atoms with Crippen LogP contribution < -0.4 is 9.47 Å². The molecule has 5 atom stereocenters. The molecule has 0 saturated carbocycles. The molecule has 1 aromatic carbocycles. The summed E-state index contributed by atoms with van der Waals surface area (Å²) in [7, 11) is 3.81. The fourth-order valence-corrected chi connectivity index (χ4v) is 5.47. The van der Waals surface area contributed by atoms with Crippen molar-refractivity contribution in [1.29, 1.82) is 0 Å². The van der Waals surface area contributed by atoms with Crippen molar-refractivity contribution in [2.75, 3.05) is 20.7 Å². The zero-order valence-electron chi connectivity index (χ0n) is 13.7. The van der Waals surface area contributed by atoms with Gasteiger partial charge in [0.25, 0.3) is 0 Å². The molecule has 0 amide bonds. The first-order valence-electron chi connectivity index (χ1n) is 8.24. The zero-order valence-corrected chi connectivity index (χ0v) is 14.5. The van der Waals surface area contributed by atoms with E-state index in [1.165, 1.54) is 0 Å². The monoisotopic (exact) mass is 351 g/mol. The van der Waals surface area contributed by atoms with Crippen molar-refractivity contribution < 1.29 is 19.7 Å². The first-order chi connectivity index (χ1) is 11.1. The number of halogens is 1.